The molecule has 3 aromatic rings. The molecule has 1 aliphatic rings. The van der Waals surface area contributed by atoms with Crippen molar-refractivity contribution in [1.82, 2.24) is 10.3 Å². The topological polar surface area (TPSA) is 71.5 Å². The zero-order valence-corrected chi connectivity index (χ0v) is 25.7. The van der Waals surface area contributed by atoms with Crippen LogP contribution in [0.4, 0.5) is 14.9 Å². The lowest BCUT2D eigenvalue weighted by Crippen LogP contribution is -2.50. The van der Waals surface area contributed by atoms with E-state index < -0.39 is 11.7 Å². The van der Waals surface area contributed by atoms with Crippen molar-refractivity contribution < 1.29 is 18.7 Å². The molecule has 0 aliphatic heterocycles. The van der Waals surface area contributed by atoms with Crippen molar-refractivity contribution in [1.29, 1.82) is 0 Å². The first-order valence-corrected chi connectivity index (χ1v) is 15.1. The van der Waals surface area contributed by atoms with Gasteiger partial charge >= 0.3 is 6.09 Å². The summed E-state index contributed by atoms with van der Waals surface area (Å²) in [5.74, 6) is -1.04. The molecule has 7 heteroatoms. The van der Waals surface area contributed by atoms with Crippen LogP contribution < -0.4 is 10.2 Å². The van der Waals surface area contributed by atoms with Crippen molar-refractivity contribution in [2.75, 3.05) is 11.4 Å². The van der Waals surface area contributed by atoms with Gasteiger partial charge in [-0.15, -0.1) is 0 Å². The molecule has 2 amide bonds. The third-order valence-electron chi connectivity index (χ3n) is 7.93. The predicted octanol–water partition coefficient (Wildman–Crippen LogP) is 7.92. The third-order valence-corrected chi connectivity index (χ3v) is 7.93. The number of aromatic nitrogens is 1. The lowest BCUT2D eigenvalue weighted by molar-refractivity contribution is -0.120. The molecule has 1 aromatic heterocycles. The number of alkyl carbamates (subject to hydrolysis) is 1. The van der Waals surface area contributed by atoms with Crippen molar-refractivity contribution >= 4 is 17.7 Å². The Morgan fingerprint density at radius 2 is 1.69 bits per heavy atom. The van der Waals surface area contributed by atoms with Crippen molar-refractivity contribution in [3.05, 3.63) is 83.9 Å². The number of carbonyl (C=O) groups is 2. The Morgan fingerprint density at radius 1 is 1.05 bits per heavy atom. The molecule has 0 bridgehead atoms. The molecule has 0 spiro atoms. The number of hydrogen-bond donors (Lipinski definition) is 1. The molecule has 4 atom stereocenters. The van der Waals surface area contributed by atoms with Gasteiger partial charge in [-0.25, -0.2) is 9.18 Å². The Labute approximate surface area is 249 Å². The summed E-state index contributed by atoms with van der Waals surface area (Å²) < 4.78 is 20.0. The number of nitrogens with zero attached hydrogens (tertiary/aromatic N) is 2. The van der Waals surface area contributed by atoms with Crippen LogP contribution in [0.1, 0.15) is 78.0 Å². The number of nitrogens with one attached hydrogen (secondary N) is 1. The lowest BCUT2D eigenvalue weighted by atomic mass is 9.97. The Hall–Kier alpha value is -3.74. The molecule has 224 valence electrons. The standard InChI is InChI=1S/C35H44FN3O3/c1-7-10-24-12-14-25(15-13-24)26-16-18-27(19-17-26)39(22-31(23(3)8-2)38-34(41)42-35(4,5)6)33(40)29-21-28(29)32-30(36)11-9-20-37-32/h9,11-20,23,28-29,31H,7-8,10,21-22H2,1-6H3,(H,38,41)/t23-,28+,29+,31+/m0/s1. The first-order valence-electron chi connectivity index (χ1n) is 15.1. The van der Waals surface area contributed by atoms with Gasteiger partial charge in [0.25, 0.3) is 0 Å². The zero-order chi connectivity index (χ0) is 30.4. The van der Waals surface area contributed by atoms with Gasteiger partial charge < -0.3 is 15.0 Å². The Kier molecular flexibility index (Phi) is 10.0. The fourth-order valence-electron chi connectivity index (χ4n) is 5.26. The molecular formula is C35H44FN3O3. The number of ether oxygens (including phenoxy) is 1. The quantitative estimate of drug-likeness (QED) is 0.253. The summed E-state index contributed by atoms with van der Waals surface area (Å²) >= 11 is 0. The molecule has 0 radical (unpaired) electrons. The van der Waals surface area contributed by atoms with Crippen LogP contribution >= 0.6 is 0 Å². The second-order valence-corrected chi connectivity index (χ2v) is 12.4. The Balaban J connectivity index is 1.61. The van der Waals surface area contributed by atoms with Gasteiger partial charge in [0.2, 0.25) is 5.91 Å². The predicted molar refractivity (Wildman–Crippen MR) is 166 cm³/mol. The summed E-state index contributed by atoms with van der Waals surface area (Å²) in [6, 6.07) is 19.1. The van der Waals surface area contributed by atoms with Crippen LogP contribution in [0.3, 0.4) is 0 Å². The average Bonchev–Trinajstić information content (AvgIpc) is 3.75. The van der Waals surface area contributed by atoms with Crippen LogP contribution in [-0.2, 0) is 16.0 Å². The highest BCUT2D eigenvalue weighted by Crippen LogP contribution is 2.49. The molecule has 42 heavy (non-hydrogen) atoms. The summed E-state index contributed by atoms with van der Waals surface area (Å²) in [7, 11) is 0. The van der Waals surface area contributed by atoms with E-state index in [2.05, 4.69) is 55.3 Å². The minimum atomic E-state index is -0.641. The van der Waals surface area contributed by atoms with Gasteiger partial charge in [0, 0.05) is 30.3 Å². The highest BCUT2D eigenvalue weighted by molar-refractivity contribution is 5.98. The molecular weight excluding hydrogens is 529 g/mol. The van der Waals surface area contributed by atoms with Gasteiger partial charge in [-0.1, -0.05) is 70.0 Å². The molecule has 1 aliphatic carbocycles. The Bertz CT molecular complexity index is 1350. The monoisotopic (exact) mass is 573 g/mol. The maximum Gasteiger partial charge on any atom is 0.407 e. The molecule has 1 fully saturated rings. The largest absolute Gasteiger partial charge is 0.444 e. The highest BCUT2D eigenvalue weighted by Gasteiger charge is 2.48. The van der Waals surface area contributed by atoms with Crippen LogP contribution in [0.15, 0.2) is 66.9 Å². The molecule has 2 aromatic carbocycles. The summed E-state index contributed by atoms with van der Waals surface area (Å²) in [5.41, 5.74) is 3.90. The van der Waals surface area contributed by atoms with Gasteiger partial charge in [-0.05, 0) is 80.5 Å². The number of rotatable bonds is 11. The maximum atomic E-state index is 14.5. The van der Waals surface area contributed by atoms with Crippen molar-refractivity contribution in [2.45, 2.75) is 84.8 Å². The number of hydrogen-bond acceptors (Lipinski definition) is 4. The molecule has 6 nitrogen and oxygen atoms in total. The van der Waals surface area contributed by atoms with Gasteiger partial charge in [0.1, 0.15) is 11.4 Å². The smallest absolute Gasteiger partial charge is 0.407 e. The van der Waals surface area contributed by atoms with E-state index in [1.165, 1.54) is 11.6 Å². The van der Waals surface area contributed by atoms with Crippen LogP contribution in [0.25, 0.3) is 11.1 Å². The minimum Gasteiger partial charge on any atom is -0.444 e. The molecule has 4 rings (SSSR count). The zero-order valence-electron chi connectivity index (χ0n) is 25.7. The van der Waals surface area contributed by atoms with E-state index in [1.807, 2.05) is 45.0 Å². The number of pyridine rings is 1. The second kappa shape index (κ2) is 13.5. The summed E-state index contributed by atoms with van der Waals surface area (Å²) in [4.78, 5) is 32.8. The van der Waals surface area contributed by atoms with E-state index in [4.69, 9.17) is 4.74 Å². The van der Waals surface area contributed by atoms with Gasteiger partial charge in [-0.2, -0.15) is 0 Å². The third kappa shape index (κ3) is 7.96. The number of amides is 2. The van der Waals surface area contributed by atoms with Gasteiger partial charge in [0.15, 0.2) is 0 Å². The first kappa shape index (κ1) is 31.2. The fraction of sp³-hybridized carbons (Fsp3) is 0.457. The fourth-order valence-corrected chi connectivity index (χ4v) is 5.26. The van der Waals surface area contributed by atoms with E-state index in [9.17, 15) is 14.0 Å². The number of halogens is 1. The average molecular weight is 574 g/mol. The van der Waals surface area contributed by atoms with Crippen LogP contribution in [0.5, 0.6) is 0 Å². The maximum absolute atomic E-state index is 14.5. The molecule has 0 unspecified atom stereocenters. The molecule has 0 saturated heterocycles. The summed E-state index contributed by atoms with van der Waals surface area (Å²) in [6.07, 6.45) is 4.55. The van der Waals surface area contributed by atoms with Gasteiger partial charge in [0.05, 0.1) is 11.7 Å². The van der Waals surface area contributed by atoms with E-state index in [1.54, 1.807) is 17.2 Å². The number of benzene rings is 2. The number of anilines is 1. The molecule has 1 saturated carbocycles. The molecule has 1 heterocycles. The number of carbonyl (C=O) groups excluding carboxylic acids is 2. The van der Waals surface area contributed by atoms with E-state index in [0.717, 1.165) is 36.1 Å². The van der Waals surface area contributed by atoms with Crippen molar-refractivity contribution in [3.63, 3.8) is 0 Å². The SMILES string of the molecule is CCCc1ccc(-c2ccc(N(C[C@@H](NC(=O)OC(C)(C)C)[C@@H](C)CC)C(=O)[C@@H]3C[C@H]3c3ncccc3F)cc2)cc1. The summed E-state index contributed by atoms with van der Waals surface area (Å²) in [6.45, 7) is 12.0. The highest BCUT2D eigenvalue weighted by atomic mass is 19.1. The van der Waals surface area contributed by atoms with Gasteiger partial charge in [-0.3, -0.25) is 9.78 Å². The lowest BCUT2D eigenvalue weighted by Gasteiger charge is -2.32. The van der Waals surface area contributed by atoms with Crippen molar-refractivity contribution in [2.24, 2.45) is 11.8 Å². The first-order chi connectivity index (χ1) is 20.0. The molecule has 1 N–H and O–H groups in total. The van der Waals surface area contributed by atoms with E-state index in [-0.39, 0.29) is 42.1 Å². The Morgan fingerprint density at radius 3 is 2.26 bits per heavy atom. The van der Waals surface area contributed by atoms with Crippen LogP contribution in [0, 0.1) is 17.7 Å². The van der Waals surface area contributed by atoms with Crippen LogP contribution in [0.2, 0.25) is 0 Å². The normalized spacial score (nSPS) is 17.7. The van der Waals surface area contributed by atoms with Crippen LogP contribution in [-0.4, -0.2) is 35.2 Å². The minimum absolute atomic E-state index is 0.0805. The summed E-state index contributed by atoms with van der Waals surface area (Å²) in [5, 5.41) is 3.02. The van der Waals surface area contributed by atoms with Crippen molar-refractivity contribution in [3.8, 4) is 11.1 Å². The second-order valence-electron chi connectivity index (χ2n) is 12.4. The number of aryl methyl sites for hydroxylation is 1. The van der Waals surface area contributed by atoms with E-state index in [0.29, 0.717) is 12.1 Å². The van der Waals surface area contributed by atoms with E-state index >= 15 is 0 Å².